The minimum atomic E-state index is -3.51. The molecule has 0 saturated carbocycles. The highest BCUT2D eigenvalue weighted by molar-refractivity contribution is 7.90. The fourth-order valence-electron chi connectivity index (χ4n) is 3.07. The normalized spacial score (nSPS) is 11.4. The van der Waals surface area contributed by atoms with E-state index in [9.17, 15) is 13.2 Å². The van der Waals surface area contributed by atoms with Crippen LogP contribution in [-0.4, -0.2) is 30.1 Å². The number of thiazole rings is 1. The standard InChI is InChI=1S/C20H21N3O3S2/c1-5-10-23-13(2)11-16(14(23)3)17-12-27-20(21-17)22-19(24)15-8-6-7-9-18(15)28(4,25)26/h5-9,11-12H,1,10H2,2-4H3,(H,21,22,24). The smallest absolute Gasteiger partial charge is 0.258 e. The molecule has 6 nitrogen and oxygen atoms in total. The van der Waals surface area contributed by atoms with E-state index in [1.165, 1.54) is 23.5 Å². The Balaban J connectivity index is 1.88. The van der Waals surface area contributed by atoms with Crippen molar-refractivity contribution < 1.29 is 13.2 Å². The molecule has 0 radical (unpaired) electrons. The number of nitrogens with one attached hydrogen (secondary N) is 1. The highest BCUT2D eigenvalue weighted by atomic mass is 32.2. The fraction of sp³-hybridized carbons (Fsp3) is 0.200. The molecule has 0 unspecified atom stereocenters. The van der Waals surface area contributed by atoms with Gasteiger partial charge in [-0.05, 0) is 32.0 Å². The summed E-state index contributed by atoms with van der Waals surface area (Å²) in [7, 11) is -3.51. The lowest BCUT2D eigenvalue weighted by molar-refractivity contribution is 0.102. The lowest BCUT2D eigenvalue weighted by atomic mass is 10.2. The molecule has 0 aliphatic carbocycles. The summed E-state index contributed by atoms with van der Waals surface area (Å²) in [5.41, 5.74) is 4.04. The van der Waals surface area contributed by atoms with E-state index in [0.717, 1.165) is 28.9 Å². The highest BCUT2D eigenvalue weighted by Gasteiger charge is 2.20. The Hall–Kier alpha value is -2.71. The van der Waals surface area contributed by atoms with E-state index in [-0.39, 0.29) is 10.5 Å². The van der Waals surface area contributed by atoms with Crippen LogP contribution in [-0.2, 0) is 16.4 Å². The van der Waals surface area contributed by atoms with E-state index in [0.29, 0.717) is 11.7 Å². The van der Waals surface area contributed by atoms with Crippen LogP contribution >= 0.6 is 11.3 Å². The zero-order chi connectivity index (χ0) is 20.5. The number of anilines is 1. The number of amides is 1. The van der Waals surface area contributed by atoms with Gasteiger partial charge in [-0.15, -0.1) is 17.9 Å². The van der Waals surface area contributed by atoms with Crippen LogP contribution in [0.3, 0.4) is 0 Å². The minimum absolute atomic E-state index is 0.00255. The summed E-state index contributed by atoms with van der Waals surface area (Å²) in [6.07, 6.45) is 2.93. The van der Waals surface area contributed by atoms with Crippen LogP contribution in [0, 0.1) is 13.8 Å². The Morgan fingerprint density at radius 1 is 1.32 bits per heavy atom. The average Bonchev–Trinajstić information content (AvgIpc) is 3.20. The maximum Gasteiger partial charge on any atom is 0.258 e. The lowest BCUT2D eigenvalue weighted by Gasteiger charge is -2.07. The lowest BCUT2D eigenvalue weighted by Crippen LogP contribution is -2.15. The van der Waals surface area contributed by atoms with Crippen LogP contribution in [0.15, 0.2) is 53.3 Å². The summed E-state index contributed by atoms with van der Waals surface area (Å²) in [6.45, 7) is 8.55. The third-order valence-corrected chi connectivity index (χ3v) is 6.33. The molecule has 8 heteroatoms. The van der Waals surface area contributed by atoms with Gasteiger partial charge in [-0.3, -0.25) is 10.1 Å². The van der Waals surface area contributed by atoms with Gasteiger partial charge >= 0.3 is 0 Å². The fourth-order valence-corrected chi connectivity index (χ4v) is 4.66. The van der Waals surface area contributed by atoms with Crippen LogP contribution < -0.4 is 5.32 Å². The van der Waals surface area contributed by atoms with Crippen molar-refractivity contribution in [2.45, 2.75) is 25.3 Å². The number of nitrogens with zero attached hydrogens (tertiary/aromatic N) is 2. The second-order valence-electron chi connectivity index (χ2n) is 6.44. The van der Waals surface area contributed by atoms with Crippen molar-refractivity contribution in [3.05, 3.63) is 65.3 Å². The Kier molecular flexibility index (Phi) is 5.53. The first kappa shape index (κ1) is 20.0. The van der Waals surface area contributed by atoms with E-state index in [2.05, 4.69) is 27.5 Å². The summed E-state index contributed by atoms with van der Waals surface area (Å²) in [5, 5.41) is 4.99. The molecule has 0 saturated heterocycles. The third kappa shape index (κ3) is 3.93. The van der Waals surface area contributed by atoms with Gasteiger partial charge in [0, 0.05) is 35.1 Å². The van der Waals surface area contributed by atoms with E-state index in [4.69, 9.17) is 0 Å². The molecule has 1 amide bonds. The van der Waals surface area contributed by atoms with Crippen molar-refractivity contribution in [3.63, 3.8) is 0 Å². The second-order valence-corrected chi connectivity index (χ2v) is 9.29. The topological polar surface area (TPSA) is 81.1 Å². The summed E-state index contributed by atoms with van der Waals surface area (Å²) >= 11 is 1.30. The Morgan fingerprint density at radius 2 is 2.04 bits per heavy atom. The molecule has 0 aliphatic heterocycles. The zero-order valence-electron chi connectivity index (χ0n) is 15.9. The first-order valence-electron chi connectivity index (χ1n) is 8.56. The monoisotopic (exact) mass is 415 g/mol. The number of allylic oxidation sites excluding steroid dienone is 1. The molecule has 0 aliphatic rings. The number of hydrogen-bond acceptors (Lipinski definition) is 5. The molecule has 28 heavy (non-hydrogen) atoms. The van der Waals surface area contributed by atoms with Crippen LogP contribution in [0.1, 0.15) is 21.7 Å². The highest BCUT2D eigenvalue weighted by Crippen LogP contribution is 2.30. The Morgan fingerprint density at radius 3 is 2.71 bits per heavy atom. The molecule has 0 fully saturated rings. The first-order valence-corrected chi connectivity index (χ1v) is 11.3. The molecule has 3 rings (SSSR count). The van der Waals surface area contributed by atoms with Gasteiger partial charge < -0.3 is 4.57 Å². The Bertz CT molecular complexity index is 1160. The van der Waals surface area contributed by atoms with Crippen molar-refractivity contribution in [1.29, 1.82) is 0 Å². The van der Waals surface area contributed by atoms with Crippen molar-refractivity contribution >= 4 is 32.2 Å². The number of aryl methyl sites for hydroxylation is 1. The van der Waals surface area contributed by atoms with Gasteiger partial charge in [0.15, 0.2) is 15.0 Å². The van der Waals surface area contributed by atoms with Gasteiger partial charge in [0.2, 0.25) is 0 Å². The molecule has 1 N–H and O–H groups in total. The SMILES string of the molecule is C=CCn1c(C)cc(-c2csc(NC(=O)c3ccccc3S(C)(=O)=O)n2)c1C. The number of carbonyl (C=O) groups is 1. The van der Waals surface area contributed by atoms with Crippen molar-refractivity contribution in [3.8, 4) is 11.3 Å². The third-order valence-electron chi connectivity index (χ3n) is 4.42. The first-order chi connectivity index (χ1) is 13.2. The Labute approximate surface area is 168 Å². The number of sulfone groups is 1. The molecule has 146 valence electrons. The van der Waals surface area contributed by atoms with Gasteiger partial charge in [0.1, 0.15) is 0 Å². The minimum Gasteiger partial charge on any atom is -0.345 e. The predicted molar refractivity (Wildman–Crippen MR) is 113 cm³/mol. The molecule has 2 heterocycles. The average molecular weight is 416 g/mol. The maximum atomic E-state index is 12.6. The van der Waals surface area contributed by atoms with Gasteiger partial charge in [0.25, 0.3) is 5.91 Å². The number of aromatic nitrogens is 2. The largest absolute Gasteiger partial charge is 0.345 e. The molecule has 0 bridgehead atoms. The zero-order valence-corrected chi connectivity index (χ0v) is 17.5. The van der Waals surface area contributed by atoms with E-state index >= 15 is 0 Å². The van der Waals surface area contributed by atoms with Crippen LogP contribution in [0.5, 0.6) is 0 Å². The van der Waals surface area contributed by atoms with Crippen molar-refractivity contribution in [1.82, 2.24) is 9.55 Å². The quantitative estimate of drug-likeness (QED) is 0.616. The van der Waals surface area contributed by atoms with Crippen molar-refractivity contribution in [2.24, 2.45) is 0 Å². The second kappa shape index (κ2) is 7.73. The van der Waals surface area contributed by atoms with Crippen molar-refractivity contribution in [2.75, 3.05) is 11.6 Å². The van der Waals surface area contributed by atoms with Gasteiger partial charge in [-0.2, -0.15) is 0 Å². The predicted octanol–water partition coefficient (Wildman–Crippen LogP) is 4.07. The molecule has 1 aromatic carbocycles. The van der Waals surface area contributed by atoms with Gasteiger partial charge in [0.05, 0.1) is 16.2 Å². The van der Waals surface area contributed by atoms with E-state index < -0.39 is 15.7 Å². The molecular weight excluding hydrogens is 394 g/mol. The van der Waals surface area contributed by atoms with Gasteiger partial charge in [-0.25, -0.2) is 13.4 Å². The summed E-state index contributed by atoms with van der Waals surface area (Å²) in [4.78, 5) is 17.1. The maximum absolute atomic E-state index is 12.6. The van der Waals surface area contributed by atoms with Crippen LogP contribution in [0.2, 0.25) is 0 Å². The molecule has 2 aromatic heterocycles. The summed E-state index contributed by atoms with van der Waals surface area (Å²) < 4.78 is 26.0. The van der Waals surface area contributed by atoms with Gasteiger partial charge in [-0.1, -0.05) is 18.2 Å². The molecule has 0 atom stereocenters. The number of carbonyl (C=O) groups excluding carboxylic acids is 1. The van der Waals surface area contributed by atoms with E-state index in [1.807, 2.05) is 25.3 Å². The van der Waals surface area contributed by atoms with E-state index in [1.54, 1.807) is 12.1 Å². The van der Waals surface area contributed by atoms with Crippen LogP contribution in [0.4, 0.5) is 5.13 Å². The summed E-state index contributed by atoms with van der Waals surface area (Å²) in [5.74, 6) is -0.501. The number of rotatable bonds is 6. The molecular formula is C20H21N3O3S2. The number of hydrogen-bond donors (Lipinski definition) is 1. The summed E-state index contributed by atoms with van der Waals surface area (Å²) in [6, 6.07) is 8.19. The van der Waals surface area contributed by atoms with Crippen LogP contribution in [0.25, 0.3) is 11.3 Å². The number of benzene rings is 1. The molecule has 3 aromatic rings. The molecule has 0 spiro atoms.